The van der Waals surface area contributed by atoms with E-state index in [-0.39, 0.29) is 11.9 Å². The maximum Gasteiger partial charge on any atom is 0.124 e. The van der Waals surface area contributed by atoms with Gasteiger partial charge >= 0.3 is 0 Å². The molecule has 0 aliphatic heterocycles. The SMILES string of the molecule is Cc1c(Br)cccc1C(Cc1ccc(F)cc1Br)NN. The molecule has 0 aliphatic rings. The second-order valence-corrected chi connectivity index (χ2v) is 6.32. The van der Waals surface area contributed by atoms with Crippen molar-refractivity contribution in [2.24, 2.45) is 5.84 Å². The summed E-state index contributed by atoms with van der Waals surface area (Å²) < 4.78 is 14.9. The number of hydrogen-bond acceptors (Lipinski definition) is 2. The minimum absolute atomic E-state index is 0.0331. The number of rotatable bonds is 4. The van der Waals surface area contributed by atoms with Gasteiger partial charge in [0.25, 0.3) is 0 Å². The molecule has 0 aromatic heterocycles. The van der Waals surface area contributed by atoms with Crippen LogP contribution in [0.15, 0.2) is 45.3 Å². The van der Waals surface area contributed by atoms with Gasteiger partial charge in [-0.15, -0.1) is 0 Å². The van der Waals surface area contributed by atoms with E-state index in [1.54, 1.807) is 6.07 Å². The van der Waals surface area contributed by atoms with Gasteiger partial charge in [-0.25, -0.2) is 4.39 Å². The first-order valence-electron chi connectivity index (χ1n) is 6.18. The molecule has 5 heteroatoms. The second kappa shape index (κ2) is 6.80. The maximum absolute atomic E-state index is 13.1. The number of hydrogen-bond donors (Lipinski definition) is 2. The molecule has 0 saturated carbocycles. The fraction of sp³-hybridized carbons (Fsp3) is 0.200. The molecule has 0 heterocycles. The molecule has 2 nitrogen and oxygen atoms in total. The largest absolute Gasteiger partial charge is 0.271 e. The Hall–Kier alpha value is -0.750. The van der Waals surface area contributed by atoms with Crippen molar-refractivity contribution in [1.82, 2.24) is 5.43 Å². The molecule has 2 aromatic rings. The average molecular weight is 402 g/mol. The first-order chi connectivity index (χ1) is 9.52. The first-order valence-corrected chi connectivity index (χ1v) is 7.76. The molecular formula is C15H15Br2FN2. The Labute approximate surface area is 134 Å². The monoisotopic (exact) mass is 400 g/mol. The van der Waals surface area contributed by atoms with Crippen molar-refractivity contribution < 1.29 is 4.39 Å². The topological polar surface area (TPSA) is 38.0 Å². The lowest BCUT2D eigenvalue weighted by atomic mass is 9.96. The van der Waals surface area contributed by atoms with Crippen molar-refractivity contribution in [2.45, 2.75) is 19.4 Å². The van der Waals surface area contributed by atoms with Crippen molar-refractivity contribution >= 4 is 31.9 Å². The highest BCUT2D eigenvalue weighted by Gasteiger charge is 2.15. The summed E-state index contributed by atoms with van der Waals surface area (Å²) in [7, 11) is 0. The fourth-order valence-electron chi connectivity index (χ4n) is 2.17. The molecule has 0 aliphatic carbocycles. The molecule has 0 amide bonds. The van der Waals surface area contributed by atoms with E-state index in [2.05, 4.69) is 37.3 Å². The zero-order valence-corrected chi connectivity index (χ0v) is 14.1. The van der Waals surface area contributed by atoms with Gasteiger partial charge in [0.05, 0.1) is 6.04 Å². The normalized spacial score (nSPS) is 12.4. The Morgan fingerprint density at radius 2 is 1.95 bits per heavy atom. The summed E-state index contributed by atoms with van der Waals surface area (Å²) in [6.45, 7) is 2.05. The van der Waals surface area contributed by atoms with Gasteiger partial charge < -0.3 is 0 Å². The number of nitrogens with one attached hydrogen (secondary N) is 1. The van der Waals surface area contributed by atoms with Crippen LogP contribution < -0.4 is 11.3 Å². The number of halogens is 3. The van der Waals surface area contributed by atoms with Crippen LogP contribution >= 0.6 is 31.9 Å². The molecule has 20 heavy (non-hydrogen) atoms. The van der Waals surface area contributed by atoms with Crippen LogP contribution in [0.2, 0.25) is 0 Å². The molecule has 0 spiro atoms. The average Bonchev–Trinajstić information content (AvgIpc) is 2.42. The summed E-state index contributed by atoms with van der Waals surface area (Å²) in [6.07, 6.45) is 0.675. The van der Waals surface area contributed by atoms with Crippen LogP contribution in [0.25, 0.3) is 0 Å². The zero-order chi connectivity index (χ0) is 14.7. The molecular weight excluding hydrogens is 387 g/mol. The molecule has 1 unspecified atom stereocenters. The van der Waals surface area contributed by atoms with Gasteiger partial charge in [-0.2, -0.15) is 0 Å². The highest BCUT2D eigenvalue weighted by Crippen LogP contribution is 2.28. The lowest BCUT2D eigenvalue weighted by Gasteiger charge is -2.20. The van der Waals surface area contributed by atoms with E-state index in [1.807, 2.05) is 25.1 Å². The lowest BCUT2D eigenvalue weighted by molar-refractivity contribution is 0.547. The van der Waals surface area contributed by atoms with Crippen molar-refractivity contribution in [2.75, 3.05) is 0 Å². The van der Waals surface area contributed by atoms with Crippen molar-refractivity contribution in [3.8, 4) is 0 Å². The highest BCUT2D eigenvalue weighted by atomic mass is 79.9. The van der Waals surface area contributed by atoms with Crippen molar-refractivity contribution in [3.05, 3.63) is 67.9 Å². The van der Waals surface area contributed by atoms with Crippen LogP contribution in [0, 0.1) is 12.7 Å². The van der Waals surface area contributed by atoms with Gasteiger partial charge in [0, 0.05) is 8.95 Å². The molecule has 2 rings (SSSR count). The standard InChI is InChI=1S/C15H15Br2FN2/c1-9-12(3-2-4-13(9)16)15(20-19)7-10-5-6-11(18)8-14(10)17/h2-6,8,15,20H,7,19H2,1H3. The molecule has 2 aromatic carbocycles. The van der Waals surface area contributed by atoms with E-state index in [1.165, 1.54) is 12.1 Å². The van der Waals surface area contributed by atoms with Gasteiger partial charge in [-0.3, -0.25) is 11.3 Å². The van der Waals surface area contributed by atoms with Gasteiger partial charge in [0.15, 0.2) is 0 Å². The summed E-state index contributed by atoms with van der Waals surface area (Å²) in [4.78, 5) is 0. The van der Waals surface area contributed by atoms with Crippen LogP contribution in [0.5, 0.6) is 0 Å². The van der Waals surface area contributed by atoms with E-state index in [4.69, 9.17) is 5.84 Å². The third-order valence-corrected chi connectivity index (χ3v) is 4.92. The Kier molecular flexibility index (Phi) is 5.32. The van der Waals surface area contributed by atoms with Crippen molar-refractivity contribution in [3.63, 3.8) is 0 Å². The molecule has 0 fully saturated rings. The minimum atomic E-state index is -0.253. The quantitative estimate of drug-likeness (QED) is 0.588. The third kappa shape index (κ3) is 3.47. The molecule has 0 radical (unpaired) electrons. The van der Waals surface area contributed by atoms with Gasteiger partial charge in [-0.1, -0.05) is 50.1 Å². The van der Waals surface area contributed by atoms with Crippen LogP contribution in [-0.4, -0.2) is 0 Å². The van der Waals surface area contributed by atoms with Gasteiger partial charge in [0.1, 0.15) is 5.82 Å². The first kappa shape index (κ1) is 15.6. The summed E-state index contributed by atoms with van der Waals surface area (Å²) in [5.41, 5.74) is 6.12. The highest BCUT2D eigenvalue weighted by molar-refractivity contribution is 9.10. The Morgan fingerprint density at radius 1 is 1.20 bits per heavy atom. The summed E-state index contributed by atoms with van der Waals surface area (Å²) in [5, 5.41) is 0. The molecule has 0 bridgehead atoms. The number of hydrazine groups is 1. The summed E-state index contributed by atoms with van der Waals surface area (Å²) in [6, 6.07) is 10.7. The van der Waals surface area contributed by atoms with E-state index >= 15 is 0 Å². The lowest BCUT2D eigenvalue weighted by Crippen LogP contribution is -2.30. The molecule has 0 saturated heterocycles. The molecule has 106 valence electrons. The number of nitrogens with two attached hydrogens (primary N) is 1. The zero-order valence-electron chi connectivity index (χ0n) is 11.0. The van der Waals surface area contributed by atoms with Crippen LogP contribution in [0.1, 0.15) is 22.7 Å². The van der Waals surface area contributed by atoms with Crippen molar-refractivity contribution in [1.29, 1.82) is 0 Å². The fourth-order valence-corrected chi connectivity index (χ4v) is 3.06. The predicted molar refractivity (Wildman–Crippen MR) is 86.7 cm³/mol. The maximum atomic E-state index is 13.1. The number of benzene rings is 2. The van der Waals surface area contributed by atoms with E-state index in [9.17, 15) is 4.39 Å². The predicted octanol–water partition coefficient (Wildman–Crippen LogP) is 4.41. The van der Waals surface area contributed by atoms with Gasteiger partial charge in [-0.05, 0) is 48.2 Å². The summed E-state index contributed by atoms with van der Waals surface area (Å²) in [5.74, 6) is 5.44. The van der Waals surface area contributed by atoms with Gasteiger partial charge in [0.2, 0.25) is 0 Å². The Morgan fingerprint density at radius 3 is 2.60 bits per heavy atom. The third-order valence-electron chi connectivity index (χ3n) is 3.33. The second-order valence-electron chi connectivity index (χ2n) is 4.61. The summed E-state index contributed by atoms with van der Waals surface area (Å²) >= 11 is 6.92. The minimum Gasteiger partial charge on any atom is -0.271 e. The Bertz CT molecular complexity index is 617. The van der Waals surface area contributed by atoms with Crippen LogP contribution in [0.3, 0.4) is 0 Å². The molecule has 3 N–H and O–H groups in total. The van der Waals surface area contributed by atoms with E-state index < -0.39 is 0 Å². The van der Waals surface area contributed by atoms with E-state index in [0.29, 0.717) is 6.42 Å². The van der Waals surface area contributed by atoms with Crippen LogP contribution in [-0.2, 0) is 6.42 Å². The van der Waals surface area contributed by atoms with E-state index in [0.717, 1.165) is 25.6 Å². The smallest absolute Gasteiger partial charge is 0.124 e. The molecule has 1 atom stereocenters. The Balaban J connectivity index is 2.31. The van der Waals surface area contributed by atoms with Crippen LogP contribution in [0.4, 0.5) is 4.39 Å².